The zero-order chi connectivity index (χ0) is 20.0. The molecule has 5 fully saturated rings. The standard InChI is InChI=1S/C24H33NO4/c1-2-23-7-5-16-15-4-3-14(25-28)10-17(15)13(12-26)9-18(16)22(23)19-11-20(19)24(23)8-6-21(27)29-24/h10,13-16,18-20,22,26H,2-9,11-12H2,1H3/t13?,14?,15-,16?,18?,19?,20?,22?,23+,24+/m1/s1. The van der Waals surface area contributed by atoms with Gasteiger partial charge in [-0.2, -0.15) is 4.91 Å². The minimum Gasteiger partial charge on any atom is -0.458 e. The predicted molar refractivity (Wildman–Crippen MR) is 108 cm³/mol. The Morgan fingerprint density at radius 2 is 2.03 bits per heavy atom. The summed E-state index contributed by atoms with van der Waals surface area (Å²) in [6.07, 6.45) is 11.3. The summed E-state index contributed by atoms with van der Waals surface area (Å²) in [5.74, 6) is 3.93. The van der Waals surface area contributed by atoms with E-state index < -0.39 is 0 Å². The van der Waals surface area contributed by atoms with Crippen LogP contribution < -0.4 is 0 Å². The van der Waals surface area contributed by atoms with Crippen LogP contribution in [0.4, 0.5) is 0 Å². The summed E-state index contributed by atoms with van der Waals surface area (Å²) in [6, 6.07) is -0.203. The van der Waals surface area contributed by atoms with E-state index in [-0.39, 0.29) is 35.6 Å². The quantitative estimate of drug-likeness (QED) is 0.438. The summed E-state index contributed by atoms with van der Waals surface area (Å²) in [4.78, 5) is 23.4. The first-order valence-electron chi connectivity index (χ1n) is 12.0. The number of rotatable bonds is 3. The van der Waals surface area contributed by atoms with Crippen LogP contribution >= 0.6 is 0 Å². The van der Waals surface area contributed by atoms with Gasteiger partial charge in [0.2, 0.25) is 0 Å². The lowest BCUT2D eigenvalue weighted by Crippen LogP contribution is -2.57. The minimum atomic E-state index is -0.203. The van der Waals surface area contributed by atoms with Gasteiger partial charge in [-0.05, 0) is 81.0 Å². The molecule has 0 aromatic heterocycles. The largest absolute Gasteiger partial charge is 0.458 e. The predicted octanol–water partition coefficient (Wildman–Crippen LogP) is 4.23. The van der Waals surface area contributed by atoms with E-state index in [2.05, 4.69) is 18.2 Å². The first-order chi connectivity index (χ1) is 14.1. The molecule has 29 heavy (non-hydrogen) atoms. The number of esters is 1. The van der Waals surface area contributed by atoms with Crippen molar-refractivity contribution in [2.45, 2.75) is 76.4 Å². The smallest absolute Gasteiger partial charge is 0.306 e. The molecule has 1 heterocycles. The number of hydrogen-bond donors (Lipinski definition) is 1. The summed E-state index contributed by atoms with van der Waals surface area (Å²) < 4.78 is 6.25. The molecule has 5 nitrogen and oxygen atoms in total. The highest BCUT2D eigenvalue weighted by Crippen LogP contribution is 2.79. The van der Waals surface area contributed by atoms with Gasteiger partial charge in [-0.1, -0.05) is 23.7 Å². The Morgan fingerprint density at radius 1 is 1.17 bits per heavy atom. The molecule has 0 radical (unpaired) electrons. The van der Waals surface area contributed by atoms with E-state index in [0.717, 1.165) is 32.1 Å². The second kappa shape index (κ2) is 6.15. The number of aliphatic hydroxyl groups is 1. The zero-order valence-corrected chi connectivity index (χ0v) is 17.4. The van der Waals surface area contributed by atoms with Crippen LogP contribution in [0.3, 0.4) is 0 Å². The number of carbonyl (C=O) groups is 1. The fraction of sp³-hybridized carbons (Fsp3) is 0.875. The van der Waals surface area contributed by atoms with Crippen LogP contribution in [0.5, 0.6) is 0 Å². The number of aliphatic hydroxyl groups excluding tert-OH is 1. The molecule has 7 unspecified atom stereocenters. The molecule has 0 aromatic rings. The molecule has 6 rings (SSSR count). The lowest BCUT2D eigenvalue weighted by Gasteiger charge is -2.59. The molecule has 1 spiro atoms. The summed E-state index contributed by atoms with van der Waals surface area (Å²) in [7, 11) is 0. The highest BCUT2D eigenvalue weighted by atomic mass is 16.6. The Kier molecular flexibility index (Phi) is 3.93. The van der Waals surface area contributed by atoms with Gasteiger partial charge in [-0.15, -0.1) is 0 Å². The molecule has 5 aliphatic carbocycles. The fourth-order valence-corrected chi connectivity index (χ4v) is 9.53. The van der Waals surface area contributed by atoms with Crippen LogP contribution in [-0.2, 0) is 9.53 Å². The van der Waals surface area contributed by atoms with E-state index in [1.165, 1.54) is 24.8 Å². The van der Waals surface area contributed by atoms with Crippen molar-refractivity contribution in [1.82, 2.24) is 0 Å². The van der Waals surface area contributed by atoms with Gasteiger partial charge in [-0.25, -0.2) is 0 Å². The Morgan fingerprint density at radius 3 is 2.72 bits per heavy atom. The van der Waals surface area contributed by atoms with Gasteiger partial charge in [-0.3, -0.25) is 4.79 Å². The molecule has 4 saturated carbocycles. The number of nitroso groups, excluding NO2 is 1. The Labute approximate surface area is 172 Å². The van der Waals surface area contributed by atoms with E-state index in [1.807, 2.05) is 0 Å². The number of hydrogen-bond acceptors (Lipinski definition) is 5. The lowest BCUT2D eigenvalue weighted by atomic mass is 9.46. The topological polar surface area (TPSA) is 76.0 Å². The van der Waals surface area contributed by atoms with Gasteiger partial charge >= 0.3 is 5.97 Å². The van der Waals surface area contributed by atoms with E-state index in [4.69, 9.17) is 4.74 Å². The van der Waals surface area contributed by atoms with E-state index in [0.29, 0.717) is 41.9 Å². The van der Waals surface area contributed by atoms with Crippen LogP contribution in [0.2, 0.25) is 0 Å². The summed E-state index contributed by atoms with van der Waals surface area (Å²) in [5.41, 5.74) is 1.29. The molecular formula is C24H33NO4. The Balaban J connectivity index is 1.39. The third kappa shape index (κ3) is 2.18. The maximum absolute atomic E-state index is 12.2. The van der Waals surface area contributed by atoms with Crippen molar-refractivity contribution in [2.24, 2.45) is 52.0 Å². The van der Waals surface area contributed by atoms with Crippen molar-refractivity contribution < 1.29 is 14.6 Å². The van der Waals surface area contributed by atoms with Crippen molar-refractivity contribution in [3.8, 4) is 0 Å². The zero-order valence-electron chi connectivity index (χ0n) is 17.4. The third-order valence-corrected chi connectivity index (χ3v) is 10.4. The Hall–Kier alpha value is -1.23. The molecule has 0 aromatic carbocycles. The molecule has 10 atom stereocenters. The van der Waals surface area contributed by atoms with Crippen molar-refractivity contribution in [3.05, 3.63) is 16.6 Å². The second-order valence-corrected chi connectivity index (χ2v) is 10.9. The van der Waals surface area contributed by atoms with Crippen molar-refractivity contribution in [1.29, 1.82) is 0 Å². The normalized spacial score (nSPS) is 54.7. The number of ether oxygens (including phenoxy) is 1. The average molecular weight is 400 g/mol. The Bertz CT molecular complexity index is 779. The van der Waals surface area contributed by atoms with Gasteiger partial charge in [0.05, 0.1) is 0 Å². The molecule has 0 amide bonds. The van der Waals surface area contributed by atoms with Crippen LogP contribution in [0, 0.1) is 51.7 Å². The van der Waals surface area contributed by atoms with Crippen molar-refractivity contribution in [2.75, 3.05) is 6.61 Å². The van der Waals surface area contributed by atoms with E-state index in [1.54, 1.807) is 0 Å². The lowest BCUT2D eigenvalue weighted by molar-refractivity contribution is -0.180. The molecule has 1 aliphatic heterocycles. The van der Waals surface area contributed by atoms with Crippen LogP contribution in [0.1, 0.15) is 64.7 Å². The summed E-state index contributed by atoms with van der Waals surface area (Å²) in [5, 5.41) is 13.5. The highest BCUT2D eigenvalue weighted by Gasteiger charge is 2.79. The molecular weight excluding hydrogens is 366 g/mol. The first-order valence-corrected chi connectivity index (χ1v) is 12.0. The second-order valence-electron chi connectivity index (χ2n) is 10.9. The number of carbonyl (C=O) groups excluding carboxylic acids is 1. The van der Waals surface area contributed by atoms with E-state index in [9.17, 15) is 14.8 Å². The van der Waals surface area contributed by atoms with Gasteiger partial charge in [0.25, 0.3) is 0 Å². The molecule has 1 saturated heterocycles. The van der Waals surface area contributed by atoms with Crippen LogP contribution in [0.15, 0.2) is 16.8 Å². The molecule has 6 aliphatic rings. The van der Waals surface area contributed by atoms with Gasteiger partial charge in [0, 0.05) is 30.3 Å². The summed E-state index contributed by atoms with van der Waals surface area (Å²) >= 11 is 0. The number of nitrogens with zero attached hydrogens (tertiary/aromatic N) is 1. The van der Waals surface area contributed by atoms with Gasteiger partial charge in [0.1, 0.15) is 11.6 Å². The van der Waals surface area contributed by atoms with Crippen molar-refractivity contribution >= 4 is 5.97 Å². The maximum atomic E-state index is 12.2. The SMILES string of the molecule is CC[C@]12CCC3C(CC(CO)C4=CC(N=O)CC[C@@H]43)C1C1CC1[C@@]21CCC(=O)O1. The average Bonchev–Trinajstić information content (AvgIpc) is 3.39. The van der Waals surface area contributed by atoms with Gasteiger partial charge in [0.15, 0.2) is 0 Å². The number of fused-ring (bicyclic) bond motifs is 9. The van der Waals surface area contributed by atoms with Crippen LogP contribution in [-0.4, -0.2) is 29.3 Å². The highest BCUT2D eigenvalue weighted by molar-refractivity contribution is 5.73. The first kappa shape index (κ1) is 18.5. The molecule has 158 valence electrons. The van der Waals surface area contributed by atoms with E-state index >= 15 is 0 Å². The van der Waals surface area contributed by atoms with Gasteiger partial charge < -0.3 is 9.84 Å². The molecule has 1 N–H and O–H groups in total. The fourth-order valence-electron chi connectivity index (χ4n) is 9.53. The maximum Gasteiger partial charge on any atom is 0.306 e. The van der Waals surface area contributed by atoms with Crippen molar-refractivity contribution in [3.63, 3.8) is 0 Å². The minimum absolute atomic E-state index is 0.0213. The monoisotopic (exact) mass is 399 g/mol. The molecule has 0 bridgehead atoms. The third-order valence-electron chi connectivity index (χ3n) is 10.4. The summed E-state index contributed by atoms with van der Waals surface area (Å²) in [6.45, 7) is 2.50. The molecule has 5 heteroatoms. The van der Waals surface area contributed by atoms with Crippen LogP contribution in [0.25, 0.3) is 0 Å².